The normalized spacial score (nSPS) is 10.0. The van der Waals surface area contributed by atoms with Crippen LogP contribution in [0.3, 0.4) is 0 Å². The Morgan fingerprint density at radius 2 is 2.19 bits per heavy atom. The second-order valence-corrected chi connectivity index (χ2v) is 3.22. The van der Waals surface area contributed by atoms with Crippen LogP contribution in [0.2, 0.25) is 0 Å². The average molecular weight is 226 g/mol. The van der Waals surface area contributed by atoms with Gasteiger partial charge in [-0.05, 0) is 17.9 Å². The molecule has 6 heteroatoms. The van der Waals surface area contributed by atoms with E-state index in [1.54, 1.807) is 0 Å². The molecular weight excluding hydrogens is 214 g/mol. The quantitative estimate of drug-likeness (QED) is 0.552. The second kappa shape index (κ2) is 5.62. The lowest BCUT2D eigenvalue weighted by Crippen LogP contribution is -2.33. The molecular formula is C10H12BFO4. The summed E-state index contributed by atoms with van der Waals surface area (Å²) in [6.07, 6.45) is 0.948. The molecule has 0 unspecified atom stereocenters. The third-order valence-electron chi connectivity index (χ3n) is 2.04. The van der Waals surface area contributed by atoms with Crippen LogP contribution in [-0.2, 0) is 0 Å². The van der Waals surface area contributed by atoms with Crippen LogP contribution < -0.4 is 10.2 Å². The van der Waals surface area contributed by atoms with Gasteiger partial charge in [-0.15, -0.1) is 0 Å². The third kappa shape index (κ3) is 2.59. The van der Waals surface area contributed by atoms with E-state index < -0.39 is 12.9 Å². The van der Waals surface area contributed by atoms with E-state index in [4.69, 9.17) is 14.8 Å². The van der Waals surface area contributed by atoms with Crippen molar-refractivity contribution >= 4 is 18.9 Å². The van der Waals surface area contributed by atoms with E-state index in [-0.39, 0.29) is 23.1 Å². The van der Waals surface area contributed by atoms with Crippen molar-refractivity contribution < 1.29 is 24.0 Å². The minimum Gasteiger partial charge on any atom is -0.491 e. The summed E-state index contributed by atoms with van der Waals surface area (Å²) in [6.45, 7) is 2.20. The molecule has 0 radical (unpaired) electrons. The van der Waals surface area contributed by atoms with Gasteiger partial charge in [0.2, 0.25) is 0 Å². The highest BCUT2D eigenvalue weighted by atomic mass is 19.1. The van der Waals surface area contributed by atoms with E-state index in [2.05, 4.69) is 0 Å². The smallest absolute Gasteiger partial charge is 0.489 e. The van der Waals surface area contributed by atoms with Crippen molar-refractivity contribution in [1.82, 2.24) is 0 Å². The van der Waals surface area contributed by atoms with Crippen LogP contribution >= 0.6 is 0 Å². The Morgan fingerprint density at radius 3 is 2.69 bits per heavy atom. The molecule has 1 rings (SSSR count). The average Bonchev–Trinajstić information content (AvgIpc) is 2.26. The van der Waals surface area contributed by atoms with Crippen LogP contribution in [0.5, 0.6) is 5.75 Å². The Balaban J connectivity index is 3.12. The minimum absolute atomic E-state index is 0.0617. The zero-order chi connectivity index (χ0) is 12.1. The Morgan fingerprint density at radius 1 is 1.50 bits per heavy atom. The van der Waals surface area contributed by atoms with Gasteiger partial charge in [-0.2, -0.15) is 0 Å². The van der Waals surface area contributed by atoms with E-state index in [0.29, 0.717) is 13.0 Å². The number of benzene rings is 1. The first kappa shape index (κ1) is 12.7. The lowest BCUT2D eigenvalue weighted by molar-refractivity contribution is 0.111. The molecule has 0 aliphatic heterocycles. The molecule has 0 amide bonds. The fourth-order valence-electron chi connectivity index (χ4n) is 1.26. The first-order chi connectivity index (χ1) is 7.61. The summed E-state index contributed by atoms with van der Waals surface area (Å²) in [6, 6.07) is 2.52. The van der Waals surface area contributed by atoms with Crippen molar-refractivity contribution in [3.63, 3.8) is 0 Å². The summed E-state index contributed by atoms with van der Waals surface area (Å²) in [4.78, 5) is 10.7. The topological polar surface area (TPSA) is 66.8 Å². The van der Waals surface area contributed by atoms with Gasteiger partial charge in [0, 0.05) is 0 Å². The molecule has 16 heavy (non-hydrogen) atoms. The van der Waals surface area contributed by atoms with Gasteiger partial charge < -0.3 is 14.8 Å². The van der Waals surface area contributed by atoms with Crippen molar-refractivity contribution in [3.05, 3.63) is 23.5 Å². The molecule has 0 fully saturated rings. The van der Waals surface area contributed by atoms with Gasteiger partial charge in [-0.3, -0.25) is 4.79 Å². The standard InChI is InChI=1S/C10H12BFO4/c1-2-5-16-9-4-3-8(11(14)15)7(6-13)10(9)12/h3-4,6,14-15H,2,5H2,1H3. The highest BCUT2D eigenvalue weighted by molar-refractivity contribution is 6.60. The molecule has 0 aliphatic rings. The van der Waals surface area contributed by atoms with Crippen molar-refractivity contribution in [1.29, 1.82) is 0 Å². The lowest BCUT2D eigenvalue weighted by Gasteiger charge is -2.10. The van der Waals surface area contributed by atoms with Crippen LogP contribution in [0.15, 0.2) is 12.1 Å². The molecule has 0 spiro atoms. The van der Waals surface area contributed by atoms with Crippen LogP contribution in [-0.4, -0.2) is 30.1 Å². The minimum atomic E-state index is -1.88. The van der Waals surface area contributed by atoms with Crippen LogP contribution in [0, 0.1) is 5.82 Å². The number of aldehydes is 1. The summed E-state index contributed by atoms with van der Waals surface area (Å²) >= 11 is 0. The first-order valence-corrected chi connectivity index (χ1v) is 4.88. The van der Waals surface area contributed by atoms with Gasteiger partial charge in [0.25, 0.3) is 0 Å². The number of carbonyl (C=O) groups excluding carboxylic acids is 1. The molecule has 0 aromatic heterocycles. The second-order valence-electron chi connectivity index (χ2n) is 3.22. The molecule has 0 atom stereocenters. The van der Waals surface area contributed by atoms with Gasteiger partial charge in [-0.25, -0.2) is 4.39 Å². The van der Waals surface area contributed by atoms with Gasteiger partial charge in [0.1, 0.15) is 0 Å². The molecule has 86 valence electrons. The fraction of sp³-hybridized carbons (Fsp3) is 0.300. The van der Waals surface area contributed by atoms with Crippen molar-refractivity contribution in [3.8, 4) is 5.75 Å². The third-order valence-corrected chi connectivity index (χ3v) is 2.04. The molecule has 2 N–H and O–H groups in total. The fourth-order valence-corrected chi connectivity index (χ4v) is 1.26. The zero-order valence-corrected chi connectivity index (χ0v) is 8.81. The van der Waals surface area contributed by atoms with Gasteiger partial charge in [0.05, 0.1) is 12.2 Å². The molecule has 0 aliphatic carbocycles. The number of hydrogen-bond donors (Lipinski definition) is 2. The number of carbonyl (C=O) groups is 1. The first-order valence-electron chi connectivity index (χ1n) is 4.88. The Kier molecular flexibility index (Phi) is 4.45. The van der Waals surface area contributed by atoms with Gasteiger partial charge >= 0.3 is 7.12 Å². The van der Waals surface area contributed by atoms with Crippen molar-refractivity contribution in [2.75, 3.05) is 6.61 Å². The molecule has 4 nitrogen and oxygen atoms in total. The SMILES string of the molecule is CCCOc1ccc(B(O)O)c(C=O)c1F. The molecule has 0 saturated carbocycles. The van der Waals surface area contributed by atoms with E-state index in [0.717, 1.165) is 0 Å². The predicted molar refractivity (Wildman–Crippen MR) is 57.4 cm³/mol. The summed E-state index contributed by atoms with van der Waals surface area (Å²) in [5.74, 6) is -0.928. The van der Waals surface area contributed by atoms with E-state index >= 15 is 0 Å². The van der Waals surface area contributed by atoms with E-state index in [1.807, 2.05) is 6.92 Å². The Labute approximate surface area is 92.8 Å². The number of rotatable bonds is 5. The molecule has 1 aromatic rings. The number of ether oxygens (including phenoxy) is 1. The summed E-state index contributed by atoms with van der Waals surface area (Å²) in [7, 11) is -1.88. The van der Waals surface area contributed by atoms with Crippen molar-refractivity contribution in [2.24, 2.45) is 0 Å². The highest BCUT2D eigenvalue weighted by Gasteiger charge is 2.21. The van der Waals surface area contributed by atoms with Gasteiger partial charge in [-0.1, -0.05) is 13.0 Å². The number of hydrogen-bond acceptors (Lipinski definition) is 4. The van der Waals surface area contributed by atoms with Gasteiger partial charge in [0.15, 0.2) is 17.9 Å². The van der Waals surface area contributed by atoms with E-state index in [1.165, 1.54) is 12.1 Å². The Hall–Kier alpha value is -1.40. The molecule has 0 heterocycles. The molecule has 1 aromatic carbocycles. The molecule has 0 saturated heterocycles. The highest BCUT2D eigenvalue weighted by Crippen LogP contribution is 2.18. The maximum atomic E-state index is 13.6. The largest absolute Gasteiger partial charge is 0.491 e. The van der Waals surface area contributed by atoms with Crippen molar-refractivity contribution in [2.45, 2.75) is 13.3 Å². The monoisotopic (exact) mass is 226 g/mol. The predicted octanol–water partition coefficient (Wildman–Crippen LogP) is 0.107. The van der Waals surface area contributed by atoms with Crippen LogP contribution in [0.1, 0.15) is 23.7 Å². The van der Waals surface area contributed by atoms with Crippen LogP contribution in [0.4, 0.5) is 4.39 Å². The maximum Gasteiger partial charge on any atom is 0.489 e. The summed E-state index contributed by atoms with van der Waals surface area (Å²) in [5, 5.41) is 17.8. The van der Waals surface area contributed by atoms with E-state index in [9.17, 15) is 9.18 Å². The summed E-state index contributed by atoms with van der Waals surface area (Å²) in [5.41, 5.74) is -0.556. The zero-order valence-electron chi connectivity index (χ0n) is 8.81. The number of halogens is 1. The maximum absolute atomic E-state index is 13.6. The molecule has 0 bridgehead atoms. The van der Waals surface area contributed by atoms with Crippen LogP contribution in [0.25, 0.3) is 0 Å². The lowest BCUT2D eigenvalue weighted by atomic mass is 9.77. The Bertz CT molecular complexity index is 381. The summed E-state index contributed by atoms with van der Waals surface area (Å²) < 4.78 is 18.7.